The summed E-state index contributed by atoms with van der Waals surface area (Å²) in [6.45, 7) is 1.33. The van der Waals surface area contributed by atoms with Crippen LogP contribution in [0.25, 0.3) is 0 Å². The van der Waals surface area contributed by atoms with Crippen LogP contribution in [0.2, 0.25) is 5.02 Å². The molecule has 1 unspecified atom stereocenters. The molecule has 1 amide bonds. The standard InChI is InChI=1S/C18H19ClN2O/c19-16-8-4-7-14-12-21(10-9-15(14)16)18(22)11-17(20)13-5-2-1-3-6-13/h1-8,17H,9-12,20H2. The average Bonchev–Trinajstić information content (AvgIpc) is 2.55. The highest BCUT2D eigenvalue weighted by Gasteiger charge is 2.23. The van der Waals surface area contributed by atoms with Gasteiger partial charge in [-0.2, -0.15) is 0 Å². The molecule has 3 rings (SSSR count). The van der Waals surface area contributed by atoms with Crippen molar-refractivity contribution in [2.24, 2.45) is 5.73 Å². The van der Waals surface area contributed by atoms with E-state index in [0.29, 0.717) is 19.5 Å². The third-order valence-electron chi connectivity index (χ3n) is 4.18. The van der Waals surface area contributed by atoms with Crippen LogP contribution in [0.1, 0.15) is 29.2 Å². The van der Waals surface area contributed by atoms with Crippen molar-refractivity contribution in [3.8, 4) is 0 Å². The number of halogens is 1. The van der Waals surface area contributed by atoms with E-state index in [1.165, 1.54) is 5.56 Å². The van der Waals surface area contributed by atoms with E-state index in [1.807, 2.05) is 53.4 Å². The Hall–Kier alpha value is -1.84. The molecule has 2 N–H and O–H groups in total. The maximum absolute atomic E-state index is 12.5. The Labute approximate surface area is 135 Å². The first-order valence-corrected chi connectivity index (χ1v) is 7.87. The quantitative estimate of drug-likeness (QED) is 0.944. The van der Waals surface area contributed by atoms with E-state index < -0.39 is 0 Å². The number of nitrogens with zero attached hydrogens (tertiary/aromatic N) is 1. The van der Waals surface area contributed by atoms with Gasteiger partial charge in [0.1, 0.15) is 0 Å². The number of carbonyl (C=O) groups is 1. The summed E-state index contributed by atoms with van der Waals surface area (Å²) < 4.78 is 0. The lowest BCUT2D eigenvalue weighted by molar-refractivity contribution is -0.132. The van der Waals surface area contributed by atoms with E-state index in [9.17, 15) is 4.79 Å². The van der Waals surface area contributed by atoms with Crippen molar-refractivity contribution in [2.45, 2.75) is 25.4 Å². The number of amides is 1. The number of nitrogens with two attached hydrogens (primary N) is 1. The fourth-order valence-electron chi connectivity index (χ4n) is 2.91. The number of carbonyl (C=O) groups excluding carboxylic acids is 1. The Morgan fingerprint density at radius 2 is 1.95 bits per heavy atom. The smallest absolute Gasteiger partial charge is 0.224 e. The summed E-state index contributed by atoms with van der Waals surface area (Å²) in [4.78, 5) is 14.4. The van der Waals surface area contributed by atoms with Crippen LogP contribution in [0, 0.1) is 0 Å². The van der Waals surface area contributed by atoms with Gasteiger partial charge in [-0.3, -0.25) is 4.79 Å². The first kappa shape index (κ1) is 15.1. The van der Waals surface area contributed by atoms with E-state index in [-0.39, 0.29) is 11.9 Å². The summed E-state index contributed by atoms with van der Waals surface area (Å²) in [5.41, 5.74) is 9.46. The number of rotatable bonds is 3. The van der Waals surface area contributed by atoms with Crippen LogP contribution in [0.4, 0.5) is 0 Å². The van der Waals surface area contributed by atoms with Crippen molar-refractivity contribution < 1.29 is 4.79 Å². The molecule has 2 aromatic carbocycles. The molecule has 1 aliphatic rings. The number of hydrogen-bond acceptors (Lipinski definition) is 2. The van der Waals surface area contributed by atoms with E-state index in [0.717, 1.165) is 22.6 Å². The van der Waals surface area contributed by atoms with E-state index >= 15 is 0 Å². The predicted molar refractivity (Wildman–Crippen MR) is 88.6 cm³/mol. The highest BCUT2D eigenvalue weighted by molar-refractivity contribution is 6.31. The maximum Gasteiger partial charge on any atom is 0.224 e. The Kier molecular flexibility index (Phi) is 4.46. The summed E-state index contributed by atoms with van der Waals surface area (Å²) in [5, 5.41) is 0.797. The molecule has 0 bridgehead atoms. The Balaban J connectivity index is 1.67. The zero-order valence-corrected chi connectivity index (χ0v) is 13.1. The van der Waals surface area contributed by atoms with Gasteiger partial charge in [0, 0.05) is 30.6 Å². The molecule has 1 aliphatic heterocycles. The normalized spacial score (nSPS) is 15.3. The molecule has 22 heavy (non-hydrogen) atoms. The first-order valence-electron chi connectivity index (χ1n) is 7.49. The van der Waals surface area contributed by atoms with Crippen LogP contribution in [-0.2, 0) is 17.8 Å². The summed E-state index contributed by atoms with van der Waals surface area (Å²) in [6, 6.07) is 15.4. The monoisotopic (exact) mass is 314 g/mol. The van der Waals surface area contributed by atoms with E-state index in [1.54, 1.807) is 0 Å². The highest BCUT2D eigenvalue weighted by atomic mass is 35.5. The highest BCUT2D eigenvalue weighted by Crippen LogP contribution is 2.27. The molecule has 0 fully saturated rings. The lowest BCUT2D eigenvalue weighted by atomic mass is 9.98. The molecule has 0 saturated carbocycles. The molecule has 1 heterocycles. The second kappa shape index (κ2) is 6.51. The Morgan fingerprint density at radius 3 is 2.73 bits per heavy atom. The molecule has 4 heteroatoms. The second-order valence-corrected chi connectivity index (χ2v) is 6.07. The van der Waals surface area contributed by atoms with Gasteiger partial charge in [-0.15, -0.1) is 0 Å². The van der Waals surface area contributed by atoms with Gasteiger partial charge >= 0.3 is 0 Å². The van der Waals surface area contributed by atoms with Crippen LogP contribution in [0.15, 0.2) is 48.5 Å². The van der Waals surface area contributed by atoms with Gasteiger partial charge in [0.25, 0.3) is 0 Å². The third kappa shape index (κ3) is 3.16. The summed E-state index contributed by atoms with van der Waals surface area (Å²) in [5.74, 6) is 0.0991. The summed E-state index contributed by atoms with van der Waals surface area (Å²) in [7, 11) is 0. The van der Waals surface area contributed by atoms with Gasteiger partial charge in [-0.1, -0.05) is 54.1 Å². The van der Waals surface area contributed by atoms with Crippen LogP contribution in [-0.4, -0.2) is 17.4 Å². The minimum atomic E-state index is -0.255. The van der Waals surface area contributed by atoms with Gasteiger partial charge in [0.05, 0.1) is 0 Å². The number of benzene rings is 2. The van der Waals surface area contributed by atoms with Crippen LogP contribution in [0.5, 0.6) is 0 Å². The Morgan fingerprint density at radius 1 is 1.18 bits per heavy atom. The predicted octanol–water partition coefficient (Wildman–Crippen LogP) is 3.31. The van der Waals surface area contributed by atoms with Crippen molar-refractivity contribution in [1.29, 1.82) is 0 Å². The molecule has 2 aromatic rings. The molecular weight excluding hydrogens is 296 g/mol. The maximum atomic E-state index is 12.5. The van der Waals surface area contributed by atoms with Crippen molar-refractivity contribution in [3.63, 3.8) is 0 Å². The molecule has 0 aromatic heterocycles. The number of fused-ring (bicyclic) bond motifs is 1. The third-order valence-corrected chi connectivity index (χ3v) is 4.54. The largest absolute Gasteiger partial charge is 0.338 e. The molecule has 0 radical (unpaired) electrons. The van der Waals surface area contributed by atoms with Crippen LogP contribution >= 0.6 is 11.6 Å². The van der Waals surface area contributed by atoms with Crippen LogP contribution < -0.4 is 5.73 Å². The minimum absolute atomic E-state index is 0.0991. The van der Waals surface area contributed by atoms with Crippen molar-refractivity contribution in [3.05, 3.63) is 70.2 Å². The summed E-state index contributed by atoms with van der Waals surface area (Å²) >= 11 is 6.21. The zero-order valence-electron chi connectivity index (χ0n) is 12.3. The lowest BCUT2D eigenvalue weighted by Gasteiger charge is -2.30. The fourth-order valence-corrected chi connectivity index (χ4v) is 3.20. The Bertz CT molecular complexity index is 672. The van der Waals surface area contributed by atoms with E-state index in [2.05, 4.69) is 0 Å². The fraction of sp³-hybridized carbons (Fsp3) is 0.278. The molecular formula is C18H19ClN2O. The molecule has 1 atom stereocenters. The molecule has 0 aliphatic carbocycles. The topological polar surface area (TPSA) is 46.3 Å². The van der Waals surface area contributed by atoms with Crippen molar-refractivity contribution >= 4 is 17.5 Å². The van der Waals surface area contributed by atoms with Crippen molar-refractivity contribution in [2.75, 3.05) is 6.54 Å². The molecule has 0 spiro atoms. The van der Waals surface area contributed by atoms with Crippen LogP contribution in [0.3, 0.4) is 0 Å². The van der Waals surface area contributed by atoms with Gasteiger partial charge in [-0.05, 0) is 29.2 Å². The second-order valence-electron chi connectivity index (χ2n) is 5.66. The van der Waals surface area contributed by atoms with Gasteiger partial charge in [0.15, 0.2) is 0 Å². The lowest BCUT2D eigenvalue weighted by Crippen LogP contribution is -2.37. The molecule has 0 saturated heterocycles. The minimum Gasteiger partial charge on any atom is -0.338 e. The van der Waals surface area contributed by atoms with Gasteiger partial charge in [0.2, 0.25) is 5.91 Å². The average molecular weight is 315 g/mol. The summed E-state index contributed by atoms with van der Waals surface area (Å²) in [6.07, 6.45) is 1.14. The SMILES string of the molecule is NC(CC(=O)N1CCc2c(Cl)cccc2C1)c1ccccc1. The molecule has 3 nitrogen and oxygen atoms in total. The van der Waals surface area contributed by atoms with Gasteiger partial charge in [-0.25, -0.2) is 0 Å². The van der Waals surface area contributed by atoms with E-state index in [4.69, 9.17) is 17.3 Å². The number of hydrogen-bond donors (Lipinski definition) is 1. The zero-order chi connectivity index (χ0) is 15.5. The molecule has 114 valence electrons. The first-order chi connectivity index (χ1) is 10.6. The van der Waals surface area contributed by atoms with Crippen molar-refractivity contribution in [1.82, 2.24) is 4.90 Å². The van der Waals surface area contributed by atoms with Gasteiger partial charge < -0.3 is 10.6 Å².